The molecule has 0 aliphatic carbocycles. The predicted molar refractivity (Wildman–Crippen MR) is 78.9 cm³/mol. The van der Waals surface area contributed by atoms with Crippen molar-refractivity contribution < 1.29 is 4.74 Å². The highest BCUT2D eigenvalue weighted by Gasteiger charge is 2.17. The van der Waals surface area contributed by atoms with Crippen LogP contribution in [0, 0.1) is 11.8 Å². The van der Waals surface area contributed by atoms with E-state index in [2.05, 4.69) is 52.0 Å². The van der Waals surface area contributed by atoms with Crippen LogP contribution in [0.3, 0.4) is 0 Å². The zero-order chi connectivity index (χ0) is 13.5. The summed E-state index contributed by atoms with van der Waals surface area (Å²) >= 11 is 0. The van der Waals surface area contributed by atoms with Crippen molar-refractivity contribution >= 4 is 0 Å². The smallest absolute Gasteiger partial charge is 0.126 e. The highest BCUT2D eigenvalue weighted by Crippen LogP contribution is 2.31. The summed E-state index contributed by atoms with van der Waals surface area (Å²) in [6.45, 7) is 11.1. The molecular formula is C17H26O. The first kappa shape index (κ1) is 14.8. The fraction of sp³-hybridized carbons (Fsp3) is 0.529. The van der Waals surface area contributed by atoms with Gasteiger partial charge in [-0.1, -0.05) is 45.9 Å². The fourth-order valence-corrected chi connectivity index (χ4v) is 2.24. The van der Waals surface area contributed by atoms with Crippen LogP contribution in [0.4, 0.5) is 0 Å². The molecule has 18 heavy (non-hydrogen) atoms. The molecule has 0 aliphatic rings. The van der Waals surface area contributed by atoms with Crippen LogP contribution in [0.15, 0.2) is 36.6 Å². The Morgan fingerprint density at radius 3 is 2.11 bits per heavy atom. The van der Waals surface area contributed by atoms with Gasteiger partial charge in [-0.15, -0.1) is 0 Å². The van der Waals surface area contributed by atoms with Crippen LogP contribution in [0.25, 0.3) is 0 Å². The predicted octanol–water partition coefficient (Wildman–Crippen LogP) is 5.38. The zero-order valence-corrected chi connectivity index (χ0v) is 12.3. The minimum absolute atomic E-state index is 0.640. The van der Waals surface area contributed by atoms with Crippen LogP contribution < -0.4 is 4.74 Å². The summed E-state index contributed by atoms with van der Waals surface area (Å²) in [6.07, 6.45) is 4.85. The normalized spacial score (nSPS) is 13.5. The maximum Gasteiger partial charge on any atom is 0.126 e. The molecule has 1 aromatic rings. The van der Waals surface area contributed by atoms with Gasteiger partial charge in [-0.05, 0) is 48.8 Å². The first-order valence-corrected chi connectivity index (χ1v) is 6.92. The van der Waals surface area contributed by atoms with Gasteiger partial charge in [0.1, 0.15) is 5.75 Å². The standard InChI is InChI=1S/C17H26O/c1-6-11-18-16-9-7-15(8-10-16)17(14(4)5)12-13(2)3/h6-11,13-14,17H,12H2,1-5H3/b11-6-. The molecular weight excluding hydrogens is 220 g/mol. The minimum atomic E-state index is 0.640. The number of rotatable bonds is 6. The Balaban J connectivity index is 2.80. The molecule has 0 fully saturated rings. The van der Waals surface area contributed by atoms with Crippen molar-refractivity contribution in [1.82, 2.24) is 0 Å². The van der Waals surface area contributed by atoms with E-state index in [0.29, 0.717) is 11.8 Å². The Labute approximate surface area is 112 Å². The van der Waals surface area contributed by atoms with Gasteiger partial charge in [-0.3, -0.25) is 0 Å². The molecule has 0 N–H and O–H groups in total. The summed E-state index contributed by atoms with van der Waals surface area (Å²) in [5, 5.41) is 0. The first-order valence-electron chi connectivity index (χ1n) is 6.92. The molecule has 1 unspecified atom stereocenters. The molecule has 1 rings (SSSR count). The summed E-state index contributed by atoms with van der Waals surface area (Å²) in [5.41, 5.74) is 1.42. The van der Waals surface area contributed by atoms with Gasteiger partial charge in [-0.2, -0.15) is 0 Å². The summed E-state index contributed by atoms with van der Waals surface area (Å²) in [6, 6.07) is 8.52. The molecule has 0 aliphatic heterocycles. The third-order valence-electron chi connectivity index (χ3n) is 3.18. The SMILES string of the molecule is C/C=C\Oc1ccc(C(CC(C)C)C(C)C)cc1. The quantitative estimate of drug-likeness (QED) is 0.612. The number of allylic oxidation sites excluding steroid dienone is 1. The Morgan fingerprint density at radius 1 is 1.06 bits per heavy atom. The monoisotopic (exact) mass is 246 g/mol. The molecule has 1 atom stereocenters. The molecule has 0 radical (unpaired) electrons. The largest absolute Gasteiger partial charge is 0.465 e. The third kappa shape index (κ3) is 4.56. The topological polar surface area (TPSA) is 9.23 Å². The van der Waals surface area contributed by atoms with E-state index in [1.807, 2.05) is 13.0 Å². The molecule has 0 heterocycles. The summed E-state index contributed by atoms with van der Waals surface area (Å²) in [7, 11) is 0. The van der Waals surface area contributed by atoms with Gasteiger partial charge >= 0.3 is 0 Å². The minimum Gasteiger partial charge on any atom is -0.465 e. The lowest BCUT2D eigenvalue weighted by Crippen LogP contribution is -2.09. The van der Waals surface area contributed by atoms with Gasteiger partial charge in [0.05, 0.1) is 6.26 Å². The van der Waals surface area contributed by atoms with Crippen molar-refractivity contribution in [3.05, 3.63) is 42.2 Å². The molecule has 0 saturated heterocycles. The number of benzene rings is 1. The van der Waals surface area contributed by atoms with Crippen LogP contribution in [0.2, 0.25) is 0 Å². The molecule has 0 aromatic heterocycles. The van der Waals surface area contributed by atoms with Crippen molar-refractivity contribution in [3.8, 4) is 5.75 Å². The third-order valence-corrected chi connectivity index (χ3v) is 3.18. The molecule has 1 nitrogen and oxygen atoms in total. The lowest BCUT2D eigenvalue weighted by molar-refractivity contribution is 0.407. The van der Waals surface area contributed by atoms with E-state index >= 15 is 0 Å². The molecule has 100 valence electrons. The number of hydrogen-bond acceptors (Lipinski definition) is 1. The van der Waals surface area contributed by atoms with Crippen LogP contribution in [-0.4, -0.2) is 0 Å². The van der Waals surface area contributed by atoms with Gasteiger partial charge in [0.2, 0.25) is 0 Å². The van der Waals surface area contributed by atoms with E-state index in [1.165, 1.54) is 12.0 Å². The summed E-state index contributed by atoms with van der Waals surface area (Å²) in [5.74, 6) is 2.95. The van der Waals surface area contributed by atoms with Gasteiger partial charge < -0.3 is 4.74 Å². The van der Waals surface area contributed by atoms with Gasteiger partial charge in [0, 0.05) is 0 Å². The maximum atomic E-state index is 5.45. The van der Waals surface area contributed by atoms with Crippen LogP contribution in [0.1, 0.15) is 52.5 Å². The second kappa shape index (κ2) is 7.25. The van der Waals surface area contributed by atoms with Crippen molar-refractivity contribution in [3.63, 3.8) is 0 Å². The van der Waals surface area contributed by atoms with E-state index < -0.39 is 0 Å². The average molecular weight is 246 g/mol. The van der Waals surface area contributed by atoms with Crippen molar-refractivity contribution in [2.45, 2.75) is 47.0 Å². The van der Waals surface area contributed by atoms with Gasteiger partial charge in [-0.25, -0.2) is 0 Å². The fourth-order valence-electron chi connectivity index (χ4n) is 2.24. The molecule has 0 saturated carbocycles. The maximum absolute atomic E-state index is 5.45. The van der Waals surface area contributed by atoms with Crippen molar-refractivity contribution in [2.75, 3.05) is 0 Å². The first-order chi connectivity index (χ1) is 8.54. The average Bonchev–Trinajstić information content (AvgIpc) is 2.34. The van der Waals surface area contributed by atoms with E-state index in [4.69, 9.17) is 4.74 Å². The molecule has 1 aromatic carbocycles. The van der Waals surface area contributed by atoms with E-state index in [9.17, 15) is 0 Å². The van der Waals surface area contributed by atoms with Crippen molar-refractivity contribution in [1.29, 1.82) is 0 Å². The van der Waals surface area contributed by atoms with Crippen LogP contribution in [0.5, 0.6) is 5.75 Å². The Morgan fingerprint density at radius 2 is 1.67 bits per heavy atom. The number of hydrogen-bond donors (Lipinski definition) is 0. The van der Waals surface area contributed by atoms with Crippen molar-refractivity contribution in [2.24, 2.45) is 11.8 Å². The molecule has 1 heteroatoms. The van der Waals surface area contributed by atoms with E-state index in [1.54, 1.807) is 6.26 Å². The lowest BCUT2D eigenvalue weighted by atomic mass is 9.82. The van der Waals surface area contributed by atoms with Gasteiger partial charge in [0.25, 0.3) is 0 Å². The Hall–Kier alpha value is -1.24. The zero-order valence-electron chi connectivity index (χ0n) is 12.3. The second-order valence-corrected chi connectivity index (χ2v) is 5.64. The van der Waals surface area contributed by atoms with Gasteiger partial charge in [0.15, 0.2) is 0 Å². The lowest BCUT2D eigenvalue weighted by Gasteiger charge is -2.23. The van der Waals surface area contributed by atoms with E-state index in [0.717, 1.165) is 11.7 Å². The van der Waals surface area contributed by atoms with E-state index in [-0.39, 0.29) is 0 Å². The van der Waals surface area contributed by atoms with Crippen LogP contribution in [-0.2, 0) is 0 Å². The highest BCUT2D eigenvalue weighted by atomic mass is 16.5. The molecule has 0 spiro atoms. The summed E-state index contributed by atoms with van der Waals surface area (Å²) in [4.78, 5) is 0. The Bertz CT molecular complexity index is 360. The second-order valence-electron chi connectivity index (χ2n) is 5.64. The highest BCUT2D eigenvalue weighted by molar-refractivity contribution is 5.30. The Kier molecular flexibility index (Phi) is 5.97. The molecule has 0 amide bonds. The van der Waals surface area contributed by atoms with Crippen LogP contribution >= 0.6 is 0 Å². The molecule has 0 bridgehead atoms. The number of ether oxygens (including phenoxy) is 1. The summed E-state index contributed by atoms with van der Waals surface area (Å²) < 4.78 is 5.45.